The number of hydrogen-bond donors (Lipinski definition) is 1. The quantitative estimate of drug-likeness (QED) is 0.870. The standard InChI is InChI=1S/C13H18BrFO/c1-3-9(4-2)13(16)7-10-5-6-11(15)8-12(10)14/h5-6,8-9,13,16H,3-4,7H2,1-2H3. The van der Waals surface area contributed by atoms with Gasteiger partial charge in [0.15, 0.2) is 0 Å². The van der Waals surface area contributed by atoms with Crippen molar-refractivity contribution < 1.29 is 9.50 Å². The van der Waals surface area contributed by atoms with E-state index in [1.165, 1.54) is 12.1 Å². The summed E-state index contributed by atoms with van der Waals surface area (Å²) >= 11 is 3.32. The molecule has 1 atom stereocenters. The lowest BCUT2D eigenvalue weighted by molar-refractivity contribution is 0.103. The fraction of sp³-hybridized carbons (Fsp3) is 0.538. The van der Waals surface area contributed by atoms with Gasteiger partial charge in [0.2, 0.25) is 0 Å². The summed E-state index contributed by atoms with van der Waals surface area (Å²) in [6, 6.07) is 4.60. The van der Waals surface area contributed by atoms with Crippen LogP contribution >= 0.6 is 15.9 Å². The topological polar surface area (TPSA) is 20.2 Å². The normalized spacial score (nSPS) is 13.1. The molecule has 1 aromatic carbocycles. The fourth-order valence-corrected chi connectivity index (χ4v) is 2.42. The van der Waals surface area contributed by atoms with E-state index in [4.69, 9.17) is 0 Å². The minimum atomic E-state index is -0.350. The zero-order chi connectivity index (χ0) is 12.1. The second-order valence-electron chi connectivity index (χ2n) is 4.08. The first-order valence-corrected chi connectivity index (χ1v) is 6.49. The van der Waals surface area contributed by atoms with Crippen molar-refractivity contribution in [3.63, 3.8) is 0 Å². The van der Waals surface area contributed by atoms with Crippen molar-refractivity contribution in [1.82, 2.24) is 0 Å². The predicted octanol–water partition coefficient (Wildman–Crippen LogP) is 3.93. The van der Waals surface area contributed by atoms with E-state index in [0.717, 1.165) is 22.9 Å². The lowest BCUT2D eigenvalue weighted by atomic mass is 9.92. The molecular weight excluding hydrogens is 271 g/mol. The van der Waals surface area contributed by atoms with Crippen molar-refractivity contribution in [2.24, 2.45) is 5.92 Å². The molecule has 0 saturated carbocycles. The van der Waals surface area contributed by atoms with Crippen molar-refractivity contribution in [3.8, 4) is 0 Å². The van der Waals surface area contributed by atoms with Gasteiger partial charge in [-0.05, 0) is 30.0 Å². The molecule has 0 aliphatic heterocycles. The Bertz CT molecular complexity index is 337. The van der Waals surface area contributed by atoms with E-state index in [0.29, 0.717) is 12.3 Å². The largest absolute Gasteiger partial charge is 0.392 e. The second-order valence-corrected chi connectivity index (χ2v) is 4.94. The van der Waals surface area contributed by atoms with Gasteiger partial charge in [-0.25, -0.2) is 4.39 Å². The second kappa shape index (κ2) is 6.36. The molecule has 0 aliphatic rings. The maximum atomic E-state index is 12.9. The Kier molecular flexibility index (Phi) is 5.42. The predicted molar refractivity (Wildman–Crippen MR) is 67.9 cm³/mol. The van der Waals surface area contributed by atoms with E-state index in [1.54, 1.807) is 6.07 Å². The van der Waals surface area contributed by atoms with Crippen molar-refractivity contribution in [2.75, 3.05) is 0 Å². The van der Waals surface area contributed by atoms with E-state index in [2.05, 4.69) is 29.8 Å². The monoisotopic (exact) mass is 288 g/mol. The van der Waals surface area contributed by atoms with Crippen molar-refractivity contribution >= 4 is 15.9 Å². The van der Waals surface area contributed by atoms with Gasteiger partial charge in [-0.1, -0.05) is 48.7 Å². The molecule has 3 heteroatoms. The van der Waals surface area contributed by atoms with E-state index < -0.39 is 0 Å². The smallest absolute Gasteiger partial charge is 0.124 e. The van der Waals surface area contributed by atoms with Crippen LogP contribution in [0.2, 0.25) is 0 Å². The van der Waals surface area contributed by atoms with Gasteiger partial charge >= 0.3 is 0 Å². The Labute approximate surface area is 105 Å². The Morgan fingerprint density at radius 3 is 2.44 bits per heavy atom. The van der Waals surface area contributed by atoms with Crippen molar-refractivity contribution in [2.45, 2.75) is 39.2 Å². The third kappa shape index (κ3) is 3.56. The molecule has 0 fully saturated rings. The maximum absolute atomic E-state index is 12.9. The molecule has 0 amide bonds. The Hall–Kier alpha value is -0.410. The highest BCUT2D eigenvalue weighted by molar-refractivity contribution is 9.10. The first-order valence-electron chi connectivity index (χ1n) is 5.70. The van der Waals surface area contributed by atoms with Gasteiger partial charge in [0.25, 0.3) is 0 Å². The van der Waals surface area contributed by atoms with Crippen LogP contribution in [0, 0.1) is 11.7 Å². The minimum absolute atomic E-state index is 0.257. The van der Waals surface area contributed by atoms with Crippen LogP contribution < -0.4 is 0 Å². The van der Waals surface area contributed by atoms with Crippen LogP contribution in [0.15, 0.2) is 22.7 Å². The Morgan fingerprint density at radius 2 is 1.94 bits per heavy atom. The third-order valence-corrected chi connectivity index (χ3v) is 3.78. The summed E-state index contributed by atoms with van der Waals surface area (Å²) in [6.45, 7) is 4.16. The number of hydrogen-bond acceptors (Lipinski definition) is 1. The first-order chi connectivity index (χ1) is 7.58. The van der Waals surface area contributed by atoms with Crippen molar-refractivity contribution in [1.29, 1.82) is 0 Å². The van der Waals surface area contributed by atoms with Gasteiger partial charge in [-0.2, -0.15) is 0 Å². The SMILES string of the molecule is CCC(CC)C(O)Cc1ccc(F)cc1Br. The summed E-state index contributed by atoms with van der Waals surface area (Å²) in [5, 5.41) is 10.0. The molecule has 16 heavy (non-hydrogen) atoms. The molecule has 1 N–H and O–H groups in total. The molecule has 1 aromatic rings. The number of rotatable bonds is 5. The van der Waals surface area contributed by atoms with Gasteiger partial charge < -0.3 is 5.11 Å². The van der Waals surface area contributed by atoms with Crippen LogP contribution in [-0.4, -0.2) is 11.2 Å². The molecule has 90 valence electrons. The summed E-state index contributed by atoms with van der Waals surface area (Å²) < 4.78 is 13.6. The molecule has 0 aromatic heterocycles. The molecular formula is C13H18BrFO. The molecule has 1 nitrogen and oxygen atoms in total. The van der Waals surface area contributed by atoms with Gasteiger partial charge in [-0.15, -0.1) is 0 Å². The molecule has 0 saturated heterocycles. The minimum Gasteiger partial charge on any atom is -0.392 e. The lowest BCUT2D eigenvalue weighted by Gasteiger charge is -2.20. The van der Waals surface area contributed by atoms with E-state index in [9.17, 15) is 9.50 Å². The molecule has 0 heterocycles. The first kappa shape index (κ1) is 13.7. The highest BCUT2D eigenvalue weighted by atomic mass is 79.9. The maximum Gasteiger partial charge on any atom is 0.124 e. The van der Waals surface area contributed by atoms with Crippen LogP contribution in [0.3, 0.4) is 0 Å². The van der Waals surface area contributed by atoms with Crippen LogP contribution in [0.25, 0.3) is 0 Å². The van der Waals surface area contributed by atoms with Gasteiger partial charge in [-0.3, -0.25) is 0 Å². The number of aliphatic hydroxyl groups excluding tert-OH is 1. The molecule has 1 rings (SSSR count). The summed E-state index contributed by atoms with van der Waals surface area (Å²) in [7, 11) is 0. The van der Waals surface area contributed by atoms with E-state index >= 15 is 0 Å². The van der Waals surface area contributed by atoms with Gasteiger partial charge in [0.1, 0.15) is 5.82 Å². The Balaban J connectivity index is 2.72. The third-order valence-electron chi connectivity index (χ3n) is 3.04. The van der Waals surface area contributed by atoms with E-state index in [-0.39, 0.29) is 11.9 Å². The Morgan fingerprint density at radius 1 is 1.31 bits per heavy atom. The number of halogens is 2. The average Bonchev–Trinajstić information content (AvgIpc) is 2.24. The van der Waals surface area contributed by atoms with E-state index in [1.807, 2.05) is 0 Å². The lowest BCUT2D eigenvalue weighted by Crippen LogP contribution is -2.21. The van der Waals surface area contributed by atoms with Gasteiger partial charge in [0.05, 0.1) is 6.10 Å². The van der Waals surface area contributed by atoms with Crippen molar-refractivity contribution in [3.05, 3.63) is 34.1 Å². The zero-order valence-corrected chi connectivity index (χ0v) is 11.3. The number of benzene rings is 1. The number of aliphatic hydroxyl groups is 1. The summed E-state index contributed by atoms with van der Waals surface area (Å²) in [5.41, 5.74) is 0.959. The van der Waals surface area contributed by atoms with Crippen LogP contribution in [0.4, 0.5) is 4.39 Å². The average molecular weight is 289 g/mol. The van der Waals surface area contributed by atoms with Gasteiger partial charge in [0, 0.05) is 4.47 Å². The summed E-state index contributed by atoms with van der Waals surface area (Å²) in [6.07, 6.45) is 2.16. The molecule has 0 radical (unpaired) electrons. The van der Waals surface area contributed by atoms with Crippen LogP contribution in [0.5, 0.6) is 0 Å². The highest BCUT2D eigenvalue weighted by Crippen LogP contribution is 2.23. The van der Waals surface area contributed by atoms with Crippen LogP contribution in [-0.2, 0) is 6.42 Å². The fourth-order valence-electron chi connectivity index (χ4n) is 1.91. The summed E-state index contributed by atoms with van der Waals surface area (Å²) in [4.78, 5) is 0. The zero-order valence-electron chi connectivity index (χ0n) is 9.71. The molecule has 0 spiro atoms. The summed E-state index contributed by atoms with van der Waals surface area (Å²) in [5.74, 6) is 0.0598. The molecule has 1 unspecified atom stereocenters. The highest BCUT2D eigenvalue weighted by Gasteiger charge is 2.17. The van der Waals surface area contributed by atoms with Crippen LogP contribution in [0.1, 0.15) is 32.3 Å². The molecule has 0 aliphatic carbocycles. The molecule has 0 bridgehead atoms.